The summed E-state index contributed by atoms with van der Waals surface area (Å²) < 4.78 is 2.44. The van der Waals surface area contributed by atoms with Crippen LogP contribution >= 0.6 is 27.5 Å². The van der Waals surface area contributed by atoms with E-state index in [0.717, 1.165) is 17.0 Å². The number of aromatic amines is 1. The summed E-state index contributed by atoms with van der Waals surface area (Å²) in [6.45, 7) is 4.30. The molecule has 0 spiro atoms. The van der Waals surface area contributed by atoms with Crippen molar-refractivity contribution in [3.8, 4) is 0 Å². The average molecular weight is 409 g/mol. The molecule has 0 fully saturated rings. The smallest absolute Gasteiger partial charge is 0.274 e. The monoisotopic (exact) mass is 407 g/mol. The zero-order valence-corrected chi connectivity index (χ0v) is 15.4. The number of H-pyrrole nitrogens is 1. The fraction of sp³-hybridized carbons (Fsp3) is 0.188. The summed E-state index contributed by atoms with van der Waals surface area (Å²) in [7, 11) is 0. The van der Waals surface area contributed by atoms with Crippen LogP contribution in [0, 0.1) is 13.8 Å². The van der Waals surface area contributed by atoms with Crippen LogP contribution in [0.25, 0.3) is 0 Å². The van der Waals surface area contributed by atoms with Crippen molar-refractivity contribution in [2.24, 2.45) is 0 Å². The number of carbonyl (C=O) groups is 1. The lowest BCUT2D eigenvalue weighted by Gasteiger charge is -2.08. The van der Waals surface area contributed by atoms with Crippen molar-refractivity contribution < 1.29 is 4.79 Å². The van der Waals surface area contributed by atoms with E-state index < -0.39 is 0 Å². The number of halogens is 2. The molecule has 0 aliphatic carbocycles. The molecule has 0 radical (unpaired) electrons. The van der Waals surface area contributed by atoms with Crippen LogP contribution in [0.3, 0.4) is 0 Å². The number of amides is 1. The Morgan fingerprint density at radius 1 is 1.38 bits per heavy atom. The number of aromatic nitrogens is 4. The maximum absolute atomic E-state index is 12.4. The van der Waals surface area contributed by atoms with Gasteiger partial charge in [-0.05, 0) is 41.4 Å². The number of aryl methyl sites for hydroxylation is 1. The minimum Gasteiger partial charge on any atom is -0.317 e. The van der Waals surface area contributed by atoms with Gasteiger partial charge in [0.05, 0.1) is 34.3 Å². The number of benzene rings is 1. The Kier molecular flexibility index (Phi) is 4.73. The predicted octanol–water partition coefficient (Wildman–Crippen LogP) is 3.94. The van der Waals surface area contributed by atoms with Crippen molar-refractivity contribution in [2.45, 2.75) is 20.4 Å². The molecule has 0 atom stereocenters. The molecule has 2 aromatic heterocycles. The quantitative estimate of drug-likeness (QED) is 0.686. The Hall–Kier alpha value is -2.12. The third-order valence-electron chi connectivity index (χ3n) is 3.72. The van der Waals surface area contributed by atoms with E-state index >= 15 is 0 Å². The number of nitrogens with zero attached hydrogens (tertiary/aromatic N) is 3. The van der Waals surface area contributed by atoms with Crippen molar-refractivity contribution in [3.63, 3.8) is 0 Å². The maximum atomic E-state index is 12.4. The normalized spacial score (nSPS) is 10.8. The number of hydrogen-bond donors (Lipinski definition) is 2. The molecule has 2 heterocycles. The minimum atomic E-state index is -0.275. The van der Waals surface area contributed by atoms with Gasteiger partial charge >= 0.3 is 0 Å². The third-order valence-corrected chi connectivity index (χ3v) is 4.69. The Morgan fingerprint density at radius 3 is 2.79 bits per heavy atom. The molecule has 24 heavy (non-hydrogen) atoms. The second kappa shape index (κ2) is 6.78. The van der Waals surface area contributed by atoms with Crippen LogP contribution in [0.15, 0.2) is 34.9 Å². The first-order chi connectivity index (χ1) is 11.5. The average Bonchev–Trinajstić information content (AvgIpc) is 3.08. The molecule has 124 valence electrons. The SMILES string of the molecule is Cc1nn(Cc2ccccc2Cl)c(C)c1NC(=O)c1[nH]ncc1Br. The molecule has 1 amide bonds. The molecule has 0 bridgehead atoms. The second-order valence-electron chi connectivity index (χ2n) is 5.34. The predicted molar refractivity (Wildman–Crippen MR) is 96.5 cm³/mol. The second-order valence-corrected chi connectivity index (χ2v) is 6.60. The first-order valence-corrected chi connectivity index (χ1v) is 8.42. The van der Waals surface area contributed by atoms with Gasteiger partial charge in [-0.1, -0.05) is 29.8 Å². The topological polar surface area (TPSA) is 75.6 Å². The molecule has 0 aliphatic heterocycles. The molecule has 0 unspecified atom stereocenters. The van der Waals surface area contributed by atoms with Crippen LogP contribution in [0.1, 0.15) is 27.4 Å². The summed E-state index contributed by atoms with van der Waals surface area (Å²) in [6, 6.07) is 7.63. The van der Waals surface area contributed by atoms with E-state index in [2.05, 4.69) is 36.5 Å². The molecule has 2 N–H and O–H groups in total. The summed E-state index contributed by atoms with van der Waals surface area (Å²) in [6.07, 6.45) is 1.54. The van der Waals surface area contributed by atoms with Crippen LogP contribution in [0.4, 0.5) is 5.69 Å². The Morgan fingerprint density at radius 2 is 2.12 bits per heavy atom. The lowest BCUT2D eigenvalue weighted by molar-refractivity contribution is 0.102. The van der Waals surface area contributed by atoms with Crippen LogP contribution in [0.5, 0.6) is 0 Å². The van der Waals surface area contributed by atoms with Gasteiger partial charge in [-0.25, -0.2) is 0 Å². The minimum absolute atomic E-state index is 0.275. The highest BCUT2D eigenvalue weighted by atomic mass is 79.9. The number of rotatable bonds is 4. The molecule has 1 aromatic carbocycles. The Bertz CT molecular complexity index is 902. The highest BCUT2D eigenvalue weighted by molar-refractivity contribution is 9.10. The molecule has 0 saturated heterocycles. The summed E-state index contributed by atoms with van der Waals surface area (Å²) in [5.41, 5.74) is 3.63. The van der Waals surface area contributed by atoms with Gasteiger partial charge < -0.3 is 5.32 Å². The van der Waals surface area contributed by atoms with Gasteiger partial charge in [0.25, 0.3) is 5.91 Å². The molecular formula is C16H15BrClN5O. The molecule has 3 aromatic rings. The van der Waals surface area contributed by atoms with Crippen LogP contribution in [0.2, 0.25) is 5.02 Å². The van der Waals surface area contributed by atoms with Gasteiger partial charge in [0, 0.05) is 5.02 Å². The highest BCUT2D eigenvalue weighted by Crippen LogP contribution is 2.24. The molecule has 8 heteroatoms. The first-order valence-electron chi connectivity index (χ1n) is 7.25. The Labute approximate surface area is 152 Å². The lowest BCUT2D eigenvalue weighted by atomic mass is 10.2. The van der Waals surface area contributed by atoms with Crippen molar-refractivity contribution in [3.05, 3.63) is 62.6 Å². The van der Waals surface area contributed by atoms with E-state index in [9.17, 15) is 4.79 Å². The molecule has 6 nitrogen and oxygen atoms in total. The third kappa shape index (κ3) is 3.22. The van der Waals surface area contributed by atoms with Crippen molar-refractivity contribution in [2.75, 3.05) is 5.32 Å². The summed E-state index contributed by atoms with van der Waals surface area (Å²) in [4.78, 5) is 12.4. The van der Waals surface area contributed by atoms with Gasteiger partial charge in [-0.3, -0.25) is 14.6 Å². The van der Waals surface area contributed by atoms with Crippen LogP contribution < -0.4 is 5.32 Å². The van der Waals surface area contributed by atoms with Crippen molar-refractivity contribution >= 4 is 39.1 Å². The van der Waals surface area contributed by atoms with Crippen molar-refractivity contribution in [1.82, 2.24) is 20.0 Å². The van der Waals surface area contributed by atoms with E-state index in [1.807, 2.05) is 42.8 Å². The number of carbonyl (C=O) groups excluding carboxylic acids is 1. The van der Waals surface area contributed by atoms with Gasteiger partial charge in [-0.15, -0.1) is 0 Å². The van der Waals surface area contributed by atoms with E-state index in [1.165, 1.54) is 6.20 Å². The zero-order chi connectivity index (χ0) is 17.3. The van der Waals surface area contributed by atoms with Crippen molar-refractivity contribution in [1.29, 1.82) is 0 Å². The zero-order valence-electron chi connectivity index (χ0n) is 13.1. The number of hydrogen-bond acceptors (Lipinski definition) is 3. The number of nitrogens with one attached hydrogen (secondary N) is 2. The first kappa shape index (κ1) is 16.7. The highest BCUT2D eigenvalue weighted by Gasteiger charge is 2.18. The van der Waals surface area contributed by atoms with E-state index in [4.69, 9.17) is 11.6 Å². The molecule has 0 aliphatic rings. The lowest BCUT2D eigenvalue weighted by Crippen LogP contribution is -2.14. The standard InChI is InChI=1S/C16H15BrClN5O/c1-9-14(20-16(24)15-12(17)7-19-21-15)10(2)23(22-9)8-11-5-3-4-6-13(11)18/h3-7H,8H2,1-2H3,(H,19,21)(H,20,24). The Balaban J connectivity index is 1.86. The van der Waals surface area contributed by atoms with Gasteiger partial charge in [0.15, 0.2) is 0 Å². The molecular weight excluding hydrogens is 394 g/mol. The van der Waals surface area contributed by atoms with E-state index in [0.29, 0.717) is 27.4 Å². The number of anilines is 1. The maximum Gasteiger partial charge on any atom is 0.274 e. The van der Waals surface area contributed by atoms with E-state index in [1.54, 1.807) is 0 Å². The summed E-state index contributed by atoms with van der Waals surface area (Å²) in [5.74, 6) is -0.275. The molecule has 3 rings (SSSR count). The fourth-order valence-corrected chi connectivity index (χ4v) is 2.99. The van der Waals surface area contributed by atoms with Crippen LogP contribution in [-0.2, 0) is 6.54 Å². The molecule has 0 saturated carbocycles. The van der Waals surface area contributed by atoms with E-state index in [-0.39, 0.29) is 5.91 Å². The van der Waals surface area contributed by atoms with Gasteiger partial charge in [0.1, 0.15) is 5.69 Å². The largest absolute Gasteiger partial charge is 0.317 e. The summed E-state index contributed by atoms with van der Waals surface area (Å²) in [5, 5.41) is 14.6. The van der Waals surface area contributed by atoms with Gasteiger partial charge in [-0.2, -0.15) is 10.2 Å². The van der Waals surface area contributed by atoms with Crippen LogP contribution in [-0.4, -0.2) is 25.9 Å². The summed E-state index contributed by atoms with van der Waals surface area (Å²) >= 11 is 9.50. The fourth-order valence-electron chi connectivity index (χ4n) is 2.43. The van der Waals surface area contributed by atoms with Gasteiger partial charge in [0.2, 0.25) is 0 Å².